The number of carbonyl (C=O) groups excluding carboxylic acids is 2. The standard InChI is InChI=1S/C14H11ClO2S/c1-8-9(2)14(17)13(7-12(8)16)18-11-5-3-10(15)4-6-11/h3-7H,1-2H3. The number of halogens is 1. The third-order valence-corrected chi connectivity index (χ3v) is 4.08. The lowest BCUT2D eigenvalue weighted by molar-refractivity contribution is -0.115. The van der Waals surface area contributed by atoms with Crippen LogP contribution in [-0.2, 0) is 9.59 Å². The van der Waals surface area contributed by atoms with Gasteiger partial charge >= 0.3 is 0 Å². The third kappa shape index (κ3) is 2.57. The molecule has 1 aromatic carbocycles. The predicted octanol–water partition coefficient (Wildman–Crippen LogP) is 3.80. The van der Waals surface area contributed by atoms with Gasteiger partial charge in [-0.1, -0.05) is 23.4 Å². The maximum Gasteiger partial charge on any atom is 0.195 e. The van der Waals surface area contributed by atoms with Crippen molar-refractivity contribution in [2.75, 3.05) is 0 Å². The fraction of sp³-hybridized carbons (Fsp3) is 0.143. The van der Waals surface area contributed by atoms with E-state index in [-0.39, 0.29) is 11.6 Å². The van der Waals surface area contributed by atoms with Gasteiger partial charge in [0.15, 0.2) is 11.6 Å². The summed E-state index contributed by atoms with van der Waals surface area (Å²) in [7, 11) is 0. The molecule has 0 aliphatic heterocycles. The summed E-state index contributed by atoms with van der Waals surface area (Å²) < 4.78 is 0. The van der Waals surface area contributed by atoms with Crippen LogP contribution >= 0.6 is 23.4 Å². The van der Waals surface area contributed by atoms with Crippen molar-refractivity contribution in [3.63, 3.8) is 0 Å². The topological polar surface area (TPSA) is 34.1 Å². The number of thioether (sulfide) groups is 1. The van der Waals surface area contributed by atoms with Crippen LogP contribution in [0.5, 0.6) is 0 Å². The fourth-order valence-corrected chi connectivity index (χ4v) is 2.60. The lowest BCUT2D eigenvalue weighted by Gasteiger charge is -2.13. The van der Waals surface area contributed by atoms with Crippen molar-refractivity contribution in [2.24, 2.45) is 0 Å². The first kappa shape index (κ1) is 13.1. The summed E-state index contributed by atoms with van der Waals surface area (Å²) in [6, 6.07) is 7.17. The Kier molecular flexibility index (Phi) is 3.73. The van der Waals surface area contributed by atoms with E-state index >= 15 is 0 Å². The average Bonchev–Trinajstić information content (AvgIpc) is 2.36. The Hall–Kier alpha value is -1.32. The van der Waals surface area contributed by atoms with Crippen LogP contribution in [0, 0.1) is 0 Å². The molecule has 0 saturated carbocycles. The van der Waals surface area contributed by atoms with E-state index in [2.05, 4.69) is 0 Å². The zero-order chi connectivity index (χ0) is 13.3. The predicted molar refractivity (Wildman–Crippen MR) is 73.8 cm³/mol. The maximum atomic E-state index is 12.0. The minimum atomic E-state index is -0.0939. The molecule has 1 aliphatic carbocycles. The maximum absolute atomic E-state index is 12.0. The van der Waals surface area contributed by atoms with E-state index in [4.69, 9.17) is 11.6 Å². The van der Waals surface area contributed by atoms with Gasteiger partial charge in [-0.15, -0.1) is 0 Å². The monoisotopic (exact) mass is 278 g/mol. The van der Waals surface area contributed by atoms with Crippen molar-refractivity contribution < 1.29 is 9.59 Å². The van der Waals surface area contributed by atoms with E-state index in [1.807, 2.05) is 12.1 Å². The summed E-state index contributed by atoms with van der Waals surface area (Å²) in [4.78, 5) is 25.1. The van der Waals surface area contributed by atoms with Gasteiger partial charge in [-0.3, -0.25) is 9.59 Å². The molecular weight excluding hydrogens is 268 g/mol. The molecule has 0 saturated heterocycles. The highest BCUT2D eigenvalue weighted by molar-refractivity contribution is 8.04. The van der Waals surface area contributed by atoms with Crippen LogP contribution in [0.2, 0.25) is 5.02 Å². The van der Waals surface area contributed by atoms with E-state index in [0.717, 1.165) is 4.90 Å². The van der Waals surface area contributed by atoms with Crippen LogP contribution in [-0.4, -0.2) is 11.6 Å². The van der Waals surface area contributed by atoms with E-state index in [1.54, 1.807) is 26.0 Å². The lowest BCUT2D eigenvalue weighted by atomic mass is 9.97. The Morgan fingerprint density at radius 2 is 1.61 bits per heavy atom. The van der Waals surface area contributed by atoms with Crippen molar-refractivity contribution in [2.45, 2.75) is 18.7 Å². The van der Waals surface area contributed by atoms with Gasteiger partial charge in [0.2, 0.25) is 0 Å². The van der Waals surface area contributed by atoms with Gasteiger partial charge in [0.25, 0.3) is 0 Å². The highest BCUT2D eigenvalue weighted by Crippen LogP contribution is 2.32. The fourth-order valence-electron chi connectivity index (χ4n) is 1.54. The second-order valence-electron chi connectivity index (χ2n) is 4.01. The number of allylic oxidation sites excluding steroid dienone is 4. The van der Waals surface area contributed by atoms with E-state index in [9.17, 15) is 9.59 Å². The van der Waals surface area contributed by atoms with Crippen LogP contribution in [0.15, 0.2) is 51.3 Å². The number of carbonyl (C=O) groups is 2. The van der Waals surface area contributed by atoms with Gasteiger partial charge in [-0.05, 0) is 38.1 Å². The van der Waals surface area contributed by atoms with Crippen molar-refractivity contribution in [3.05, 3.63) is 51.4 Å². The summed E-state index contributed by atoms with van der Waals surface area (Å²) in [5.74, 6) is -0.171. The van der Waals surface area contributed by atoms with E-state index in [0.29, 0.717) is 21.1 Å². The Balaban J connectivity index is 2.26. The van der Waals surface area contributed by atoms with Gasteiger partial charge < -0.3 is 0 Å². The molecular formula is C14H11ClO2S. The Morgan fingerprint density at radius 1 is 1.00 bits per heavy atom. The van der Waals surface area contributed by atoms with E-state index < -0.39 is 0 Å². The number of hydrogen-bond acceptors (Lipinski definition) is 3. The summed E-state index contributed by atoms with van der Waals surface area (Å²) >= 11 is 7.08. The van der Waals surface area contributed by atoms with Crippen molar-refractivity contribution in [1.29, 1.82) is 0 Å². The summed E-state index contributed by atoms with van der Waals surface area (Å²) in [5, 5.41) is 0.645. The van der Waals surface area contributed by atoms with Gasteiger partial charge in [-0.2, -0.15) is 0 Å². The number of Topliss-reactive ketones (excluding diaryl/α,β-unsaturated/α-hetero) is 1. The number of ketones is 2. The smallest absolute Gasteiger partial charge is 0.195 e. The molecule has 0 unspecified atom stereocenters. The first-order chi connectivity index (χ1) is 8.49. The summed E-state index contributed by atoms with van der Waals surface area (Å²) in [6.07, 6.45) is 1.41. The zero-order valence-electron chi connectivity index (χ0n) is 9.99. The van der Waals surface area contributed by atoms with Crippen LogP contribution in [0.4, 0.5) is 0 Å². The molecule has 92 valence electrons. The summed E-state index contributed by atoms with van der Waals surface area (Å²) in [6.45, 7) is 3.36. The molecule has 2 rings (SSSR count). The van der Waals surface area contributed by atoms with Crippen LogP contribution in [0.3, 0.4) is 0 Å². The number of benzene rings is 1. The highest BCUT2D eigenvalue weighted by atomic mass is 35.5. The molecule has 18 heavy (non-hydrogen) atoms. The number of hydrogen-bond donors (Lipinski definition) is 0. The van der Waals surface area contributed by atoms with E-state index in [1.165, 1.54) is 17.8 Å². The minimum absolute atomic E-state index is 0.0768. The number of rotatable bonds is 2. The Labute approximate surface area is 115 Å². The molecule has 0 heterocycles. The molecule has 4 heteroatoms. The molecule has 0 bridgehead atoms. The molecule has 0 atom stereocenters. The zero-order valence-corrected chi connectivity index (χ0v) is 11.6. The average molecular weight is 279 g/mol. The minimum Gasteiger partial charge on any atom is -0.290 e. The van der Waals surface area contributed by atoms with Gasteiger partial charge in [-0.25, -0.2) is 0 Å². The molecule has 0 N–H and O–H groups in total. The van der Waals surface area contributed by atoms with Crippen LogP contribution in [0.25, 0.3) is 0 Å². The van der Waals surface area contributed by atoms with Gasteiger partial charge in [0, 0.05) is 27.1 Å². The quantitative estimate of drug-likeness (QED) is 0.772. The van der Waals surface area contributed by atoms with Crippen molar-refractivity contribution in [3.8, 4) is 0 Å². The second-order valence-corrected chi connectivity index (χ2v) is 5.56. The molecule has 0 fully saturated rings. The Morgan fingerprint density at radius 3 is 2.22 bits per heavy atom. The van der Waals surface area contributed by atoms with Crippen molar-refractivity contribution in [1.82, 2.24) is 0 Å². The van der Waals surface area contributed by atoms with Gasteiger partial charge in [0.1, 0.15) is 0 Å². The third-order valence-electron chi connectivity index (χ3n) is 2.80. The van der Waals surface area contributed by atoms with Crippen LogP contribution < -0.4 is 0 Å². The molecule has 0 spiro atoms. The molecule has 1 aliphatic rings. The van der Waals surface area contributed by atoms with Crippen molar-refractivity contribution >= 4 is 34.9 Å². The Bertz CT molecular complexity index is 582. The normalized spacial score (nSPS) is 16.1. The SMILES string of the molecule is CC1=C(C)C(=O)C(Sc2ccc(Cl)cc2)=CC1=O. The molecule has 1 aromatic rings. The first-order valence-electron chi connectivity index (χ1n) is 5.40. The van der Waals surface area contributed by atoms with Crippen LogP contribution in [0.1, 0.15) is 13.8 Å². The summed E-state index contributed by atoms with van der Waals surface area (Å²) in [5.41, 5.74) is 1.06. The molecule has 0 amide bonds. The second kappa shape index (κ2) is 5.12. The highest BCUT2D eigenvalue weighted by Gasteiger charge is 2.23. The molecule has 0 aromatic heterocycles. The lowest BCUT2D eigenvalue weighted by Crippen LogP contribution is -2.14. The largest absolute Gasteiger partial charge is 0.290 e. The molecule has 0 radical (unpaired) electrons. The first-order valence-corrected chi connectivity index (χ1v) is 6.60. The molecule has 2 nitrogen and oxygen atoms in total. The van der Waals surface area contributed by atoms with Gasteiger partial charge in [0.05, 0.1) is 4.91 Å².